The third-order valence-electron chi connectivity index (χ3n) is 7.22. The van der Waals surface area contributed by atoms with Crippen molar-refractivity contribution in [1.29, 1.82) is 0 Å². The minimum absolute atomic E-state index is 0. The van der Waals surface area contributed by atoms with Gasteiger partial charge in [0.15, 0.2) is 0 Å². The number of halogens is 2. The molecule has 4 saturated carbocycles. The van der Waals surface area contributed by atoms with Crippen molar-refractivity contribution >= 4 is 24.8 Å². The summed E-state index contributed by atoms with van der Waals surface area (Å²) in [7, 11) is 0. The lowest BCUT2D eigenvalue weighted by atomic mass is 9.54. The number of hydrogen-bond acceptors (Lipinski definition) is 2. The number of hydrogen-bond donors (Lipinski definition) is 0. The van der Waals surface area contributed by atoms with Gasteiger partial charge in [0.2, 0.25) is 0 Å². The van der Waals surface area contributed by atoms with Gasteiger partial charge in [-0.25, -0.2) is 0 Å². The van der Waals surface area contributed by atoms with Crippen LogP contribution in [0, 0.1) is 23.7 Å². The van der Waals surface area contributed by atoms with Crippen molar-refractivity contribution in [2.24, 2.45) is 23.7 Å². The molecule has 2 aliphatic heterocycles. The lowest BCUT2D eigenvalue weighted by Crippen LogP contribution is -2.61. The van der Waals surface area contributed by atoms with Crippen molar-refractivity contribution in [3.63, 3.8) is 0 Å². The lowest BCUT2D eigenvalue weighted by molar-refractivity contribution is -0.0814. The molecule has 0 aromatic rings. The van der Waals surface area contributed by atoms with E-state index in [2.05, 4.69) is 9.80 Å². The smallest absolute Gasteiger partial charge is 0.0224 e. The Hall–Kier alpha value is 0.500. The Morgan fingerprint density at radius 2 is 1.29 bits per heavy atom. The standard InChI is InChI=1S/C17H28N2.2ClH/c1-2-16-11-19(5-4-18(16)3-1)17-14-7-12-6-13(9-14)10-15(17)8-12;;/h12-17H,1-11H2;2*1H. The van der Waals surface area contributed by atoms with Crippen LogP contribution in [0.15, 0.2) is 0 Å². The fourth-order valence-electron chi connectivity index (χ4n) is 6.78. The lowest BCUT2D eigenvalue weighted by Gasteiger charge is -2.58. The van der Waals surface area contributed by atoms with E-state index in [0.29, 0.717) is 0 Å². The number of fused-ring (bicyclic) bond motifs is 1. The summed E-state index contributed by atoms with van der Waals surface area (Å²) in [4.78, 5) is 5.73. The predicted octanol–water partition coefficient (Wildman–Crippen LogP) is 3.43. The summed E-state index contributed by atoms with van der Waals surface area (Å²) in [5.74, 6) is 4.44. The Bertz CT molecular complexity index is 348. The Morgan fingerprint density at radius 1 is 0.667 bits per heavy atom. The number of piperazine rings is 1. The zero-order valence-corrected chi connectivity index (χ0v) is 14.6. The summed E-state index contributed by atoms with van der Waals surface area (Å²) in [6, 6.07) is 1.92. The quantitative estimate of drug-likeness (QED) is 0.725. The molecule has 0 amide bonds. The van der Waals surface area contributed by atoms with Crippen LogP contribution >= 0.6 is 24.8 Å². The first-order valence-electron chi connectivity index (χ1n) is 8.85. The van der Waals surface area contributed by atoms with Gasteiger partial charge in [0.1, 0.15) is 0 Å². The van der Waals surface area contributed by atoms with Gasteiger partial charge >= 0.3 is 0 Å². The second kappa shape index (κ2) is 6.19. The zero-order valence-electron chi connectivity index (χ0n) is 13.0. The summed E-state index contributed by atoms with van der Waals surface area (Å²) in [6.45, 7) is 5.55. The number of rotatable bonds is 1. The highest BCUT2D eigenvalue weighted by Crippen LogP contribution is 2.55. The largest absolute Gasteiger partial charge is 0.298 e. The second-order valence-electron chi connectivity index (χ2n) is 8.25. The molecule has 6 rings (SSSR count). The van der Waals surface area contributed by atoms with Crippen LogP contribution < -0.4 is 0 Å². The first-order valence-corrected chi connectivity index (χ1v) is 8.85. The molecule has 4 bridgehead atoms. The average Bonchev–Trinajstić information content (AvgIpc) is 2.84. The van der Waals surface area contributed by atoms with Gasteiger partial charge in [-0.15, -0.1) is 24.8 Å². The van der Waals surface area contributed by atoms with E-state index < -0.39 is 0 Å². The maximum atomic E-state index is 2.96. The molecule has 1 atom stereocenters. The van der Waals surface area contributed by atoms with Crippen LogP contribution in [0.2, 0.25) is 0 Å². The predicted molar refractivity (Wildman–Crippen MR) is 91.5 cm³/mol. The van der Waals surface area contributed by atoms with E-state index in [4.69, 9.17) is 0 Å². The maximum Gasteiger partial charge on any atom is 0.0224 e. The molecule has 2 nitrogen and oxygen atoms in total. The van der Waals surface area contributed by atoms with Crippen LogP contribution in [0.5, 0.6) is 0 Å². The van der Waals surface area contributed by atoms with Crippen molar-refractivity contribution in [2.45, 2.75) is 57.0 Å². The molecule has 0 radical (unpaired) electrons. The minimum atomic E-state index is 0. The van der Waals surface area contributed by atoms with Crippen molar-refractivity contribution in [2.75, 3.05) is 26.2 Å². The first-order chi connectivity index (χ1) is 9.37. The molecule has 4 heteroatoms. The second-order valence-corrected chi connectivity index (χ2v) is 8.25. The van der Waals surface area contributed by atoms with Crippen molar-refractivity contribution in [1.82, 2.24) is 9.80 Å². The van der Waals surface area contributed by atoms with Gasteiger partial charge < -0.3 is 0 Å². The highest BCUT2D eigenvalue weighted by Gasteiger charge is 2.50. The van der Waals surface area contributed by atoms with Crippen LogP contribution in [0.3, 0.4) is 0 Å². The van der Waals surface area contributed by atoms with Crippen LogP contribution in [-0.4, -0.2) is 48.1 Å². The molecule has 1 unspecified atom stereocenters. The Labute approximate surface area is 141 Å². The Balaban J connectivity index is 0.000000661. The third-order valence-corrected chi connectivity index (χ3v) is 7.22. The van der Waals surface area contributed by atoms with Gasteiger partial charge in [0.25, 0.3) is 0 Å². The third kappa shape index (κ3) is 2.65. The molecule has 2 heterocycles. The van der Waals surface area contributed by atoms with E-state index in [1.165, 1.54) is 39.0 Å². The molecule has 4 aliphatic carbocycles. The molecular formula is C17H30Cl2N2. The fourth-order valence-corrected chi connectivity index (χ4v) is 6.78. The maximum absolute atomic E-state index is 2.96. The van der Waals surface area contributed by atoms with Crippen molar-refractivity contribution < 1.29 is 0 Å². The minimum Gasteiger partial charge on any atom is -0.298 e. The van der Waals surface area contributed by atoms with Gasteiger partial charge in [0, 0.05) is 31.7 Å². The topological polar surface area (TPSA) is 6.48 Å². The molecular weight excluding hydrogens is 303 g/mol. The average molecular weight is 333 g/mol. The van der Waals surface area contributed by atoms with Crippen LogP contribution in [-0.2, 0) is 0 Å². The molecule has 21 heavy (non-hydrogen) atoms. The summed E-state index contributed by atoms with van der Waals surface area (Å²) >= 11 is 0. The van der Waals surface area contributed by atoms with Crippen molar-refractivity contribution in [3.05, 3.63) is 0 Å². The fraction of sp³-hybridized carbons (Fsp3) is 1.00. The van der Waals surface area contributed by atoms with Gasteiger partial charge in [-0.2, -0.15) is 0 Å². The van der Waals surface area contributed by atoms with Crippen molar-refractivity contribution in [3.8, 4) is 0 Å². The Morgan fingerprint density at radius 3 is 1.95 bits per heavy atom. The van der Waals surface area contributed by atoms with Gasteiger partial charge in [-0.3, -0.25) is 9.80 Å². The van der Waals surface area contributed by atoms with E-state index in [9.17, 15) is 0 Å². The summed E-state index contributed by atoms with van der Waals surface area (Å²) in [6.07, 6.45) is 10.9. The summed E-state index contributed by atoms with van der Waals surface area (Å²) in [5, 5.41) is 0. The highest BCUT2D eigenvalue weighted by atomic mass is 35.5. The molecule has 0 aromatic carbocycles. The molecule has 0 N–H and O–H groups in total. The summed E-state index contributed by atoms with van der Waals surface area (Å²) < 4.78 is 0. The molecule has 6 fully saturated rings. The van der Waals surface area contributed by atoms with E-state index >= 15 is 0 Å². The Kier molecular flexibility index (Phi) is 4.82. The number of nitrogens with zero attached hydrogens (tertiary/aromatic N) is 2. The van der Waals surface area contributed by atoms with E-state index in [-0.39, 0.29) is 24.8 Å². The highest BCUT2D eigenvalue weighted by molar-refractivity contribution is 5.85. The van der Waals surface area contributed by atoms with E-state index in [0.717, 1.165) is 35.8 Å². The van der Waals surface area contributed by atoms with Gasteiger partial charge in [-0.05, 0) is 75.2 Å². The molecule has 122 valence electrons. The van der Waals surface area contributed by atoms with Crippen LogP contribution in [0.1, 0.15) is 44.9 Å². The van der Waals surface area contributed by atoms with Gasteiger partial charge in [0.05, 0.1) is 0 Å². The SMILES string of the molecule is C1CC2CN(C3C4CC5CC(C4)CC3C5)CCN2C1.Cl.Cl. The monoisotopic (exact) mass is 332 g/mol. The molecule has 0 aromatic heterocycles. The van der Waals surface area contributed by atoms with E-state index in [1.54, 1.807) is 32.1 Å². The molecule has 0 spiro atoms. The van der Waals surface area contributed by atoms with Crippen LogP contribution in [0.25, 0.3) is 0 Å². The normalized spacial score (nSPS) is 48.6. The molecule has 2 saturated heterocycles. The van der Waals surface area contributed by atoms with Crippen LogP contribution in [0.4, 0.5) is 0 Å². The first kappa shape index (κ1) is 16.4. The van der Waals surface area contributed by atoms with Gasteiger partial charge in [-0.1, -0.05) is 0 Å². The zero-order chi connectivity index (χ0) is 12.4. The molecule has 6 aliphatic rings. The van der Waals surface area contributed by atoms with E-state index in [1.807, 2.05) is 0 Å². The summed E-state index contributed by atoms with van der Waals surface area (Å²) in [5.41, 5.74) is 0.